The molecule has 0 aromatic rings. The molecule has 6 nitrogen and oxygen atoms in total. The van der Waals surface area contributed by atoms with Gasteiger partial charge in [0.15, 0.2) is 0 Å². The highest BCUT2D eigenvalue weighted by molar-refractivity contribution is 5.90. The van der Waals surface area contributed by atoms with E-state index < -0.39 is 0 Å². The summed E-state index contributed by atoms with van der Waals surface area (Å²) in [6, 6.07) is 0.102. The Morgan fingerprint density at radius 3 is 2.85 bits per heavy atom. The van der Waals surface area contributed by atoms with E-state index in [0.29, 0.717) is 18.0 Å². The van der Waals surface area contributed by atoms with Gasteiger partial charge in [0.25, 0.3) is 0 Å². The van der Waals surface area contributed by atoms with Crippen molar-refractivity contribution >= 4 is 11.8 Å². The maximum absolute atomic E-state index is 13.3. The van der Waals surface area contributed by atoms with Gasteiger partial charge in [-0.05, 0) is 71.5 Å². The number of nitrogens with one attached hydrogen (secondary N) is 2. The Morgan fingerprint density at radius 1 is 1.31 bits per heavy atom. The normalized spacial score (nSPS) is 33.3. The number of unbranched alkanes of at least 4 members (excludes halogenated alkanes) is 1. The highest BCUT2D eigenvalue weighted by Crippen LogP contribution is 2.39. The van der Waals surface area contributed by atoms with Crippen molar-refractivity contribution in [3.05, 3.63) is 0 Å². The van der Waals surface area contributed by atoms with Crippen LogP contribution in [0.1, 0.15) is 58.8 Å². The number of piperidine rings is 1. The molecule has 2 amide bonds. The van der Waals surface area contributed by atoms with Crippen molar-refractivity contribution < 1.29 is 9.59 Å². The molecule has 0 saturated carbocycles. The van der Waals surface area contributed by atoms with E-state index in [1.165, 1.54) is 25.8 Å². The smallest absolute Gasteiger partial charge is 0.245 e. The predicted octanol–water partition coefficient (Wildman–Crippen LogP) is 1.35. The topological polar surface area (TPSA) is 64.7 Å². The Morgan fingerprint density at radius 2 is 2.12 bits per heavy atom. The summed E-state index contributed by atoms with van der Waals surface area (Å²) in [7, 11) is 1.77. The number of carbonyl (C=O) groups is 2. The third kappa shape index (κ3) is 4.06. The van der Waals surface area contributed by atoms with Crippen LogP contribution in [-0.4, -0.2) is 72.5 Å². The van der Waals surface area contributed by atoms with Gasteiger partial charge in [-0.2, -0.15) is 0 Å². The second-order valence-corrected chi connectivity index (χ2v) is 8.41. The van der Waals surface area contributed by atoms with Crippen LogP contribution in [0.3, 0.4) is 0 Å². The average Bonchev–Trinajstić information content (AvgIpc) is 2.93. The van der Waals surface area contributed by atoms with Crippen LogP contribution in [0.4, 0.5) is 0 Å². The number of nitrogens with zero attached hydrogens (tertiary/aromatic N) is 2. The summed E-state index contributed by atoms with van der Waals surface area (Å²) in [5.41, 5.74) is 0. The van der Waals surface area contributed by atoms with Crippen molar-refractivity contribution in [3.8, 4) is 0 Å². The quantitative estimate of drug-likeness (QED) is 0.747. The number of fused-ring (bicyclic) bond motifs is 3. The molecule has 3 heterocycles. The van der Waals surface area contributed by atoms with Gasteiger partial charge in [-0.1, -0.05) is 13.3 Å². The standard InChI is InChI=1S/C20H36N4O2/c1-4-5-10-23-11-9-15-12-16-7-6-8-17(22-19(25)14(2)21-3)20(26)24(16)18(15)13-23/h14-18,21H,4-13H2,1-3H3,(H,22,25)/t14-,15+,16-,17-,18+/m0/s1. The molecule has 3 saturated heterocycles. The molecule has 0 aromatic heterocycles. The number of hydrogen-bond acceptors (Lipinski definition) is 4. The van der Waals surface area contributed by atoms with Gasteiger partial charge in [-0.25, -0.2) is 0 Å². The molecular formula is C20H36N4O2. The maximum atomic E-state index is 13.3. The third-order valence-electron chi connectivity index (χ3n) is 6.68. The van der Waals surface area contributed by atoms with Crippen molar-refractivity contribution in [1.29, 1.82) is 0 Å². The molecule has 0 aliphatic carbocycles. The van der Waals surface area contributed by atoms with Crippen LogP contribution in [0.15, 0.2) is 0 Å². The van der Waals surface area contributed by atoms with Gasteiger partial charge in [0, 0.05) is 18.6 Å². The van der Waals surface area contributed by atoms with Crippen LogP contribution < -0.4 is 10.6 Å². The van der Waals surface area contributed by atoms with E-state index in [0.717, 1.165) is 38.8 Å². The minimum Gasteiger partial charge on any atom is -0.343 e. The van der Waals surface area contributed by atoms with Crippen LogP contribution >= 0.6 is 0 Å². The van der Waals surface area contributed by atoms with Gasteiger partial charge >= 0.3 is 0 Å². The molecule has 3 fully saturated rings. The number of amides is 2. The molecule has 2 N–H and O–H groups in total. The van der Waals surface area contributed by atoms with E-state index in [2.05, 4.69) is 27.4 Å². The summed E-state index contributed by atoms with van der Waals surface area (Å²) in [6.07, 6.45) is 7.69. The second-order valence-electron chi connectivity index (χ2n) is 8.41. The summed E-state index contributed by atoms with van der Waals surface area (Å²) < 4.78 is 0. The molecule has 0 bridgehead atoms. The Labute approximate surface area is 158 Å². The first kappa shape index (κ1) is 19.6. The molecule has 0 spiro atoms. The van der Waals surface area contributed by atoms with Crippen molar-refractivity contribution in [2.45, 2.75) is 83.0 Å². The fourth-order valence-electron chi connectivity index (χ4n) is 4.98. The van der Waals surface area contributed by atoms with Crippen LogP contribution in [0.25, 0.3) is 0 Å². The highest BCUT2D eigenvalue weighted by Gasteiger charge is 2.48. The molecule has 3 aliphatic heterocycles. The van der Waals surface area contributed by atoms with E-state index in [1.54, 1.807) is 7.05 Å². The lowest BCUT2D eigenvalue weighted by atomic mass is 9.90. The van der Waals surface area contributed by atoms with Crippen LogP contribution in [0, 0.1) is 5.92 Å². The fourth-order valence-corrected chi connectivity index (χ4v) is 4.98. The first-order valence-electron chi connectivity index (χ1n) is 10.6. The number of hydrogen-bond donors (Lipinski definition) is 2. The largest absolute Gasteiger partial charge is 0.343 e. The lowest BCUT2D eigenvalue weighted by Gasteiger charge is -2.40. The van der Waals surface area contributed by atoms with E-state index in [1.807, 2.05) is 6.92 Å². The summed E-state index contributed by atoms with van der Waals surface area (Å²) >= 11 is 0. The fraction of sp³-hybridized carbons (Fsp3) is 0.900. The van der Waals surface area contributed by atoms with E-state index >= 15 is 0 Å². The summed E-state index contributed by atoms with van der Waals surface area (Å²) in [5.74, 6) is 0.731. The first-order valence-corrected chi connectivity index (χ1v) is 10.6. The Balaban J connectivity index is 1.69. The molecule has 6 heteroatoms. The molecule has 0 aromatic carbocycles. The minimum atomic E-state index is -0.354. The van der Waals surface area contributed by atoms with E-state index in [4.69, 9.17) is 0 Å². The molecule has 0 radical (unpaired) electrons. The van der Waals surface area contributed by atoms with Gasteiger partial charge in [0.1, 0.15) is 6.04 Å². The predicted molar refractivity (Wildman–Crippen MR) is 103 cm³/mol. The number of likely N-dealkylation sites (N-methyl/N-ethyl adjacent to an activating group) is 1. The lowest BCUT2D eigenvalue weighted by Crippen LogP contribution is -2.57. The highest BCUT2D eigenvalue weighted by atomic mass is 16.2. The molecule has 5 atom stereocenters. The van der Waals surface area contributed by atoms with Crippen LogP contribution in [0.5, 0.6) is 0 Å². The molecule has 148 valence electrons. The first-order chi connectivity index (χ1) is 12.5. The summed E-state index contributed by atoms with van der Waals surface area (Å²) in [6.45, 7) is 7.40. The minimum absolute atomic E-state index is 0.0757. The second kappa shape index (κ2) is 8.70. The van der Waals surface area contributed by atoms with Crippen molar-refractivity contribution in [2.75, 3.05) is 26.7 Å². The van der Waals surface area contributed by atoms with Gasteiger partial charge in [0.05, 0.1) is 6.04 Å². The molecular weight excluding hydrogens is 328 g/mol. The molecule has 3 aliphatic rings. The number of carbonyl (C=O) groups excluding carboxylic acids is 2. The third-order valence-corrected chi connectivity index (χ3v) is 6.68. The van der Waals surface area contributed by atoms with Crippen molar-refractivity contribution in [3.63, 3.8) is 0 Å². The summed E-state index contributed by atoms with van der Waals surface area (Å²) in [4.78, 5) is 30.3. The monoisotopic (exact) mass is 364 g/mol. The molecule has 0 unspecified atom stereocenters. The zero-order chi connectivity index (χ0) is 18.7. The van der Waals surface area contributed by atoms with Gasteiger partial charge in [0.2, 0.25) is 11.8 Å². The van der Waals surface area contributed by atoms with Gasteiger partial charge in [-0.15, -0.1) is 0 Å². The molecule has 26 heavy (non-hydrogen) atoms. The summed E-state index contributed by atoms with van der Waals surface area (Å²) in [5, 5.41) is 5.96. The lowest BCUT2D eigenvalue weighted by molar-refractivity contribution is -0.139. The van der Waals surface area contributed by atoms with Crippen molar-refractivity contribution in [2.24, 2.45) is 5.92 Å². The Hall–Kier alpha value is -1.14. The zero-order valence-electron chi connectivity index (χ0n) is 16.7. The SMILES string of the molecule is CCCCN1CC[C@@H]2C[C@@H]3CCC[C@H](NC(=O)[C@H](C)NC)C(=O)N3[C@@H]2C1. The Kier molecular flexibility index (Phi) is 6.56. The average molecular weight is 365 g/mol. The van der Waals surface area contributed by atoms with E-state index in [-0.39, 0.29) is 23.9 Å². The van der Waals surface area contributed by atoms with E-state index in [9.17, 15) is 9.59 Å². The number of likely N-dealkylation sites (tertiary alicyclic amines) is 1. The maximum Gasteiger partial charge on any atom is 0.245 e. The van der Waals surface area contributed by atoms with Crippen LogP contribution in [-0.2, 0) is 9.59 Å². The van der Waals surface area contributed by atoms with Gasteiger partial charge in [-0.3, -0.25) is 9.59 Å². The molecule has 3 rings (SSSR count). The Bertz CT molecular complexity index is 512. The van der Waals surface area contributed by atoms with Crippen molar-refractivity contribution in [1.82, 2.24) is 20.4 Å². The number of rotatable bonds is 6. The van der Waals surface area contributed by atoms with Gasteiger partial charge < -0.3 is 20.4 Å². The van der Waals surface area contributed by atoms with Crippen LogP contribution in [0.2, 0.25) is 0 Å². The zero-order valence-corrected chi connectivity index (χ0v) is 16.7.